The number of benzene rings is 2. The lowest BCUT2D eigenvalue weighted by atomic mass is 10.1. The summed E-state index contributed by atoms with van der Waals surface area (Å²) >= 11 is 12.2. The second-order valence-electron chi connectivity index (χ2n) is 6.88. The van der Waals surface area contributed by atoms with Gasteiger partial charge in [-0.3, -0.25) is 0 Å². The highest BCUT2D eigenvalue weighted by molar-refractivity contribution is 6.31. The number of aromatic nitrogens is 1. The summed E-state index contributed by atoms with van der Waals surface area (Å²) in [5, 5.41) is 2.82. The Kier molecular flexibility index (Phi) is 5.12. The van der Waals surface area contributed by atoms with Crippen molar-refractivity contribution in [3.63, 3.8) is 0 Å². The van der Waals surface area contributed by atoms with Gasteiger partial charge in [0.05, 0.1) is 6.61 Å². The maximum atomic E-state index is 6.26. The predicted octanol–water partition coefficient (Wildman–Crippen LogP) is 5.41. The van der Waals surface area contributed by atoms with E-state index in [9.17, 15) is 0 Å². The lowest BCUT2D eigenvalue weighted by molar-refractivity contribution is 0.294. The Hall–Kier alpha value is -1.68. The average Bonchev–Trinajstić information content (AvgIpc) is 2.93. The summed E-state index contributed by atoms with van der Waals surface area (Å²) in [5.41, 5.74) is 4.16. The third kappa shape index (κ3) is 3.57. The summed E-state index contributed by atoms with van der Waals surface area (Å²) in [7, 11) is 2.18. The van der Waals surface area contributed by atoms with Crippen LogP contribution in [0.15, 0.2) is 42.5 Å². The molecule has 2 aromatic carbocycles. The molecule has 3 aromatic rings. The smallest absolute Gasteiger partial charge is 0.119 e. The third-order valence-corrected chi connectivity index (χ3v) is 5.50. The van der Waals surface area contributed by atoms with Gasteiger partial charge in [0, 0.05) is 52.7 Å². The minimum atomic E-state index is 0.684. The minimum Gasteiger partial charge on any atom is -0.494 e. The van der Waals surface area contributed by atoms with Gasteiger partial charge < -0.3 is 14.2 Å². The summed E-state index contributed by atoms with van der Waals surface area (Å²) in [6.45, 7) is 3.72. The van der Waals surface area contributed by atoms with Crippen LogP contribution >= 0.6 is 23.2 Å². The van der Waals surface area contributed by atoms with Crippen molar-refractivity contribution in [1.82, 2.24) is 9.47 Å². The molecule has 0 saturated carbocycles. The summed E-state index contributed by atoms with van der Waals surface area (Å²) in [5.74, 6) is 0.863. The number of fused-ring (bicyclic) bond motifs is 3. The fourth-order valence-corrected chi connectivity index (χ4v) is 4.05. The van der Waals surface area contributed by atoms with Crippen molar-refractivity contribution in [1.29, 1.82) is 0 Å². The van der Waals surface area contributed by atoms with Crippen LogP contribution in [0.2, 0.25) is 10.0 Å². The van der Waals surface area contributed by atoms with Gasteiger partial charge in [-0.25, -0.2) is 0 Å². The van der Waals surface area contributed by atoms with Crippen LogP contribution in [0.3, 0.4) is 0 Å². The van der Waals surface area contributed by atoms with Crippen LogP contribution in [0, 0.1) is 0 Å². The molecule has 0 amide bonds. The molecule has 5 heteroatoms. The molecule has 0 bridgehead atoms. The predicted molar refractivity (Wildman–Crippen MR) is 109 cm³/mol. The first-order valence-corrected chi connectivity index (χ1v) is 9.74. The van der Waals surface area contributed by atoms with Crippen LogP contribution in [-0.2, 0) is 19.5 Å². The number of hydrogen-bond acceptors (Lipinski definition) is 2. The van der Waals surface area contributed by atoms with Crippen LogP contribution in [0.5, 0.6) is 5.75 Å². The quantitative estimate of drug-likeness (QED) is 0.544. The molecular formula is C21H22Cl2N2O. The maximum absolute atomic E-state index is 6.26. The number of likely N-dealkylation sites (N-methyl/N-ethyl adjacent to an activating group) is 1. The second kappa shape index (κ2) is 7.51. The van der Waals surface area contributed by atoms with E-state index in [4.69, 9.17) is 27.9 Å². The van der Waals surface area contributed by atoms with Gasteiger partial charge in [-0.15, -0.1) is 0 Å². The fraction of sp³-hybridized carbons (Fsp3) is 0.333. The molecule has 0 radical (unpaired) electrons. The van der Waals surface area contributed by atoms with Crippen molar-refractivity contribution in [2.24, 2.45) is 0 Å². The Balaban J connectivity index is 1.52. The van der Waals surface area contributed by atoms with E-state index in [0.29, 0.717) is 6.61 Å². The van der Waals surface area contributed by atoms with Gasteiger partial charge in [0.1, 0.15) is 5.75 Å². The molecule has 1 aromatic heterocycles. The van der Waals surface area contributed by atoms with Crippen molar-refractivity contribution in [3.8, 4) is 5.75 Å². The molecule has 1 aliphatic heterocycles. The van der Waals surface area contributed by atoms with Gasteiger partial charge >= 0.3 is 0 Å². The van der Waals surface area contributed by atoms with E-state index >= 15 is 0 Å². The van der Waals surface area contributed by atoms with Gasteiger partial charge in [-0.05, 0) is 61.5 Å². The van der Waals surface area contributed by atoms with Crippen LogP contribution in [0.4, 0.5) is 0 Å². The molecule has 0 atom stereocenters. The van der Waals surface area contributed by atoms with E-state index in [2.05, 4.69) is 28.6 Å². The standard InChI is InChI=1S/C21H22Cl2N2O/c1-24-11-9-21-19(14-24)18-13-16(23)5-8-20(18)25(21)10-2-12-26-17-6-3-15(22)4-7-17/h3-8,13H,2,9-12,14H2,1H3. The summed E-state index contributed by atoms with van der Waals surface area (Å²) in [6.07, 6.45) is 2.04. The Morgan fingerprint density at radius 3 is 2.62 bits per heavy atom. The number of halogens is 2. The van der Waals surface area contributed by atoms with Crippen molar-refractivity contribution in [2.45, 2.75) is 25.9 Å². The molecule has 0 spiro atoms. The Labute approximate surface area is 164 Å². The monoisotopic (exact) mass is 388 g/mol. The number of ether oxygens (including phenoxy) is 1. The van der Waals surface area contributed by atoms with E-state index in [1.54, 1.807) is 0 Å². The number of nitrogens with zero attached hydrogens (tertiary/aromatic N) is 2. The van der Waals surface area contributed by atoms with Crippen molar-refractivity contribution >= 4 is 34.1 Å². The van der Waals surface area contributed by atoms with Crippen LogP contribution < -0.4 is 4.74 Å². The average molecular weight is 389 g/mol. The minimum absolute atomic E-state index is 0.684. The largest absolute Gasteiger partial charge is 0.494 e. The first kappa shape index (κ1) is 17.7. The SMILES string of the molecule is CN1CCc2c(c3cc(Cl)ccc3n2CCCOc2ccc(Cl)cc2)C1. The lowest BCUT2D eigenvalue weighted by Crippen LogP contribution is -2.27. The highest BCUT2D eigenvalue weighted by Crippen LogP contribution is 2.32. The Bertz CT molecular complexity index is 918. The molecule has 0 saturated heterocycles. The molecule has 136 valence electrons. The number of hydrogen-bond donors (Lipinski definition) is 0. The molecular weight excluding hydrogens is 367 g/mol. The zero-order chi connectivity index (χ0) is 18.1. The van der Waals surface area contributed by atoms with E-state index < -0.39 is 0 Å². The van der Waals surface area contributed by atoms with E-state index in [1.165, 1.54) is 22.2 Å². The Morgan fingerprint density at radius 2 is 1.81 bits per heavy atom. The van der Waals surface area contributed by atoms with Gasteiger partial charge in [-0.2, -0.15) is 0 Å². The lowest BCUT2D eigenvalue weighted by Gasteiger charge is -2.24. The van der Waals surface area contributed by atoms with Gasteiger partial charge in [0.2, 0.25) is 0 Å². The van der Waals surface area contributed by atoms with Crippen molar-refractivity contribution in [2.75, 3.05) is 20.2 Å². The highest BCUT2D eigenvalue weighted by Gasteiger charge is 2.22. The highest BCUT2D eigenvalue weighted by atomic mass is 35.5. The summed E-state index contributed by atoms with van der Waals surface area (Å²) < 4.78 is 8.31. The van der Waals surface area contributed by atoms with E-state index in [0.717, 1.165) is 48.3 Å². The summed E-state index contributed by atoms with van der Waals surface area (Å²) in [4.78, 5) is 2.37. The molecule has 0 N–H and O–H groups in total. The zero-order valence-corrected chi connectivity index (χ0v) is 16.4. The first-order valence-electron chi connectivity index (χ1n) is 8.98. The van der Waals surface area contributed by atoms with Crippen LogP contribution in [0.1, 0.15) is 17.7 Å². The van der Waals surface area contributed by atoms with Gasteiger partial charge in [-0.1, -0.05) is 23.2 Å². The molecule has 1 aliphatic rings. The zero-order valence-electron chi connectivity index (χ0n) is 14.8. The number of aryl methyl sites for hydroxylation is 1. The molecule has 0 aliphatic carbocycles. The van der Waals surface area contributed by atoms with Gasteiger partial charge in [0.15, 0.2) is 0 Å². The van der Waals surface area contributed by atoms with E-state index in [-0.39, 0.29) is 0 Å². The van der Waals surface area contributed by atoms with Gasteiger partial charge in [0.25, 0.3) is 0 Å². The third-order valence-electron chi connectivity index (χ3n) is 5.02. The fourth-order valence-electron chi connectivity index (χ4n) is 3.76. The molecule has 26 heavy (non-hydrogen) atoms. The molecule has 3 nitrogen and oxygen atoms in total. The number of rotatable bonds is 5. The van der Waals surface area contributed by atoms with Crippen molar-refractivity contribution < 1.29 is 4.74 Å². The second-order valence-corrected chi connectivity index (χ2v) is 7.75. The van der Waals surface area contributed by atoms with E-state index in [1.807, 2.05) is 30.3 Å². The molecule has 2 heterocycles. The van der Waals surface area contributed by atoms with Crippen LogP contribution in [0.25, 0.3) is 10.9 Å². The summed E-state index contributed by atoms with van der Waals surface area (Å²) in [6, 6.07) is 13.8. The maximum Gasteiger partial charge on any atom is 0.119 e. The molecule has 0 fully saturated rings. The molecule has 0 unspecified atom stereocenters. The Morgan fingerprint density at radius 1 is 1.04 bits per heavy atom. The molecule has 4 rings (SSSR count). The van der Waals surface area contributed by atoms with Crippen molar-refractivity contribution in [3.05, 3.63) is 63.8 Å². The van der Waals surface area contributed by atoms with Crippen LogP contribution in [-0.4, -0.2) is 29.7 Å². The normalized spacial score (nSPS) is 14.6. The first-order chi connectivity index (χ1) is 12.6. The topological polar surface area (TPSA) is 17.4 Å².